The van der Waals surface area contributed by atoms with Crippen molar-refractivity contribution in [1.82, 2.24) is 9.97 Å². The number of aromatic nitrogens is 2. The monoisotopic (exact) mass is 390 g/mol. The molecule has 0 saturated carbocycles. The molecule has 1 aromatic heterocycles. The van der Waals surface area contributed by atoms with E-state index >= 15 is 0 Å². The lowest BCUT2D eigenvalue weighted by molar-refractivity contribution is 0.372. The van der Waals surface area contributed by atoms with Crippen molar-refractivity contribution >= 4 is 39.1 Å². The van der Waals surface area contributed by atoms with E-state index in [1.54, 1.807) is 12.1 Å². The van der Waals surface area contributed by atoms with Gasteiger partial charge in [0.2, 0.25) is 0 Å². The number of rotatable bonds is 4. The van der Waals surface area contributed by atoms with Gasteiger partial charge in [-0.3, -0.25) is 0 Å². The van der Waals surface area contributed by atoms with Gasteiger partial charge >= 0.3 is 0 Å². The minimum absolute atomic E-state index is 0.0149. The van der Waals surface area contributed by atoms with Gasteiger partial charge in [0, 0.05) is 11.1 Å². The molecule has 0 amide bonds. The van der Waals surface area contributed by atoms with E-state index in [-0.39, 0.29) is 5.75 Å². The number of halogens is 3. The number of phenolic OH excluding ortho intramolecular Hbond substituents is 1. The van der Waals surface area contributed by atoms with Crippen molar-refractivity contribution < 1.29 is 9.84 Å². The van der Waals surface area contributed by atoms with E-state index in [1.165, 1.54) is 7.11 Å². The number of hydrogen-bond donors (Lipinski definition) is 1. The van der Waals surface area contributed by atoms with Gasteiger partial charge in [0.1, 0.15) is 10.3 Å². The van der Waals surface area contributed by atoms with Crippen LogP contribution in [0.4, 0.5) is 0 Å². The van der Waals surface area contributed by atoms with E-state index in [9.17, 15) is 5.11 Å². The van der Waals surface area contributed by atoms with Gasteiger partial charge < -0.3 is 9.84 Å². The first kappa shape index (κ1) is 16.3. The second-order valence-electron chi connectivity index (χ2n) is 4.37. The van der Waals surface area contributed by atoms with E-state index in [0.29, 0.717) is 31.9 Å². The zero-order chi connectivity index (χ0) is 15.6. The first-order valence-corrected chi connectivity index (χ1v) is 7.81. The Kier molecular flexibility index (Phi) is 5.30. The van der Waals surface area contributed by atoms with Gasteiger partial charge in [0.15, 0.2) is 17.3 Å². The maximum Gasteiger partial charge on any atom is 0.172 e. The van der Waals surface area contributed by atoms with Crippen molar-refractivity contribution in [2.75, 3.05) is 7.11 Å². The molecule has 2 aromatic rings. The molecule has 112 valence electrons. The maximum atomic E-state index is 9.83. The number of phenols is 1. The Bertz CT molecular complexity index is 657. The Morgan fingerprint density at radius 3 is 2.38 bits per heavy atom. The average Bonchev–Trinajstić information content (AvgIpc) is 2.45. The van der Waals surface area contributed by atoms with Crippen LogP contribution < -0.4 is 4.74 Å². The van der Waals surface area contributed by atoms with Crippen molar-refractivity contribution in [2.45, 2.75) is 19.8 Å². The minimum atomic E-state index is 0.0149. The highest BCUT2D eigenvalue weighted by Crippen LogP contribution is 2.38. The van der Waals surface area contributed by atoms with Gasteiger partial charge in [-0.1, -0.05) is 36.5 Å². The third-order valence-electron chi connectivity index (χ3n) is 2.91. The van der Waals surface area contributed by atoms with Crippen LogP contribution in [0.3, 0.4) is 0 Å². The normalized spacial score (nSPS) is 10.7. The van der Waals surface area contributed by atoms with Crippen molar-refractivity contribution in [1.29, 1.82) is 0 Å². The Balaban J connectivity index is 2.55. The minimum Gasteiger partial charge on any atom is -0.503 e. The molecule has 0 unspecified atom stereocenters. The van der Waals surface area contributed by atoms with Crippen molar-refractivity contribution in [2.24, 2.45) is 0 Å². The highest BCUT2D eigenvalue weighted by atomic mass is 79.9. The summed E-state index contributed by atoms with van der Waals surface area (Å²) in [6, 6.07) is 3.31. The first-order chi connectivity index (χ1) is 9.97. The van der Waals surface area contributed by atoms with Gasteiger partial charge in [-0.2, -0.15) is 0 Å². The third-order valence-corrected chi connectivity index (χ3v) is 4.14. The van der Waals surface area contributed by atoms with Gasteiger partial charge in [-0.25, -0.2) is 9.97 Å². The molecule has 0 aliphatic rings. The van der Waals surface area contributed by atoms with Crippen LogP contribution in [-0.2, 0) is 6.42 Å². The molecule has 1 aromatic carbocycles. The molecule has 0 atom stereocenters. The molecule has 0 aliphatic carbocycles. The lowest BCUT2D eigenvalue weighted by Crippen LogP contribution is -1.98. The molecule has 0 fully saturated rings. The summed E-state index contributed by atoms with van der Waals surface area (Å²) in [4.78, 5) is 8.56. The number of methoxy groups -OCH3 is 1. The van der Waals surface area contributed by atoms with Crippen LogP contribution in [0.5, 0.6) is 11.5 Å². The molecule has 0 bridgehead atoms. The highest BCUT2D eigenvalue weighted by molar-refractivity contribution is 9.10. The number of benzene rings is 1. The molecule has 0 spiro atoms. The van der Waals surface area contributed by atoms with Crippen LogP contribution in [0.2, 0.25) is 10.3 Å². The molecular formula is C14H13BrCl2N2O2. The quantitative estimate of drug-likeness (QED) is 0.754. The van der Waals surface area contributed by atoms with Crippen molar-refractivity contribution in [3.8, 4) is 22.9 Å². The van der Waals surface area contributed by atoms with E-state index in [4.69, 9.17) is 27.9 Å². The zero-order valence-electron chi connectivity index (χ0n) is 11.5. The molecule has 7 heteroatoms. The molecule has 0 aliphatic heterocycles. The highest BCUT2D eigenvalue weighted by Gasteiger charge is 2.15. The number of hydrogen-bond acceptors (Lipinski definition) is 4. The van der Waals surface area contributed by atoms with Gasteiger partial charge in [0.25, 0.3) is 0 Å². The van der Waals surface area contributed by atoms with Gasteiger partial charge in [-0.05, 0) is 34.5 Å². The zero-order valence-corrected chi connectivity index (χ0v) is 14.6. The van der Waals surface area contributed by atoms with Gasteiger partial charge in [0.05, 0.1) is 11.6 Å². The largest absolute Gasteiger partial charge is 0.503 e. The Morgan fingerprint density at radius 2 is 1.86 bits per heavy atom. The standard InChI is InChI=1S/C14H13BrCl2N2O2/c1-3-4-8-12(16)18-14(19-13(8)17)7-5-9(15)11(20)10(6-7)21-2/h5-6,20H,3-4H2,1-2H3. The summed E-state index contributed by atoms with van der Waals surface area (Å²) in [7, 11) is 1.47. The summed E-state index contributed by atoms with van der Waals surface area (Å²) in [6.07, 6.45) is 1.63. The van der Waals surface area contributed by atoms with E-state index < -0.39 is 0 Å². The molecule has 0 radical (unpaired) electrons. The second-order valence-corrected chi connectivity index (χ2v) is 5.94. The van der Waals surface area contributed by atoms with Crippen molar-refractivity contribution in [3.63, 3.8) is 0 Å². The topological polar surface area (TPSA) is 55.2 Å². The molecule has 1 heterocycles. The summed E-state index contributed by atoms with van der Waals surface area (Å²) >= 11 is 15.6. The van der Waals surface area contributed by atoms with Crippen LogP contribution in [0.1, 0.15) is 18.9 Å². The van der Waals surface area contributed by atoms with Crippen molar-refractivity contribution in [3.05, 3.63) is 32.5 Å². The summed E-state index contributed by atoms with van der Waals surface area (Å²) in [6.45, 7) is 2.03. The maximum absolute atomic E-state index is 9.83. The lowest BCUT2D eigenvalue weighted by atomic mass is 10.1. The number of nitrogens with zero attached hydrogens (tertiary/aromatic N) is 2. The third kappa shape index (κ3) is 3.42. The van der Waals surface area contributed by atoms with Crippen LogP contribution >= 0.6 is 39.1 Å². The SMILES string of the molecule is CCCc1c(Cl)nc(-c2cc(Br)c(O)c(OC)c2)nc1Cl. The van der Waals surface area contributed by atoms with E-state index in [1.807, 2.05) is 6.92 Å². The van der Waals surface area contributed by atoms with E-state index in [0.717, 1.165) is 18.4 Å². The molecule has 2 rings (SSSR count). The predicted molar refractivity (Wildman–Crippen MR) is 87.4 cm³/mol. The fourth-order valence-electron chi connectivity index (χ4n) is 1.87. The predicted octanol–water partition coefficient (Wildman–Crippen LogP) is 4.88. The smallest absolute Gasteiger partial charge is 0.172 e. The van der Waals surface area contributed by atoms with Crippen LogP contribution in [0, 0.1) is 0 Å². The molecule has 4 nitrogen and oxygen atoms in total. The van der Waals surface area contributed by atoms with Crippen LogP contribution in [0.25, 0.3) is 11.4 Å². The molecule has 0 saturated heterocycles. The van der Waals surface area contributed by atoms with E-state index in [2.05, 4.69) is 25.9 Å². The number of ether oxygens (including phenoxy) is 1. The lowest BCUT2D eigenvalue weighted by Gasteiger charge is -2.10. The summed E-state index contributed by atoms with van der Waals surface area (Å²) in [5.74, 6) is 0.706. The second kappa shape index (κ2) is 6.81. The number of aromatic hydroxyl groups is 1. The van der Waals surface area contributed by atoms with Crippen LogP contribution in [0.15, 0.2) is 16.6 Å². The fraction of sp³-hybridized carbons (Fsp3) is 0.286. The fourth-order valence-corrected chi connectivity index (χ4v) is 2.89. The summed E-state index contributed by atoms with van der Waals surface area (Å²) in [5, 5.41) is 10.5. The molecular weight excluding hydrogens is 379 g/mol. The Labute approximate surface area is 141 Å². The Morgan fingerprint density at radius 1 is 1.24 bits per heavy atom. The summed E-state index contributed by atoms with van der Waals surface area (Å²) < 4.78 is 5.59. The Hall–Kier alpha value is -1.04. The summed E-state index contributed by atoms with van der Waals surface area (Å²) in [5.41, 5.74) is 1.39. The first-order valence-electron chi connectivity index (χ1n) is 6.26. The van der Waals surface area contributed by atoms with Gasteiger partial charge in [-0.15, -0.1) is 0 Å². The average molecular weight is 392 g/mol. The van der Waals surface area contributed by atoms with Crippen LogP contribution in [-0.4, -0.2) is 22.2 Å². The molecule has 21 heavy (non-hydrogen) atoms. The molecule has 1 N–H and O–H groups in total.